The van der Waals surface area contributed by atoms with Crippen molar-refractivity contribution in [1.29, 1.82) is 0 Å². The molecular weight excluding hydrogens is 184 g/mol. The summed E-state index contributed by atoms with van der Waals surface area (Å²) in [6.07, 6.45) is 5.95. The number of anilines is 1. The van der Waals surface area contributed by atoms with Crippen LogP contribution in [0.1, 0.15) is 18.9 Å². The van der Waals surface area contributed by atoms with E-state index < -0.39 is 0 Å². The fourth-order valence-corrected chi connectivity index (χ4v) is 1.38. The molecule has 0 saturated heterocycles. The maximum absolute atomic E-state index is 5.63. The molecule has 0 fully saturated rings. The van der Waals surface area contributed by atoms with Gasteiger partial charge in [0.15, 0.2) is 0 Å². The first-order chi connectivity index (χ1) is 7.26. The molecule has 0 aromatic heterocycles. The minimum absolute atomic E-state index is 0.816. The van der Waals surface area contributed by atoms with Gasteiger partial charge in [-0.15, -0.1) is 0 Å². The Kier molecular flexibility index (Phi) is 4.61. The zero-order chi connectivity index (χ0) is 11.1. The van der Waals surface area contributed by atoms with Crippen LogP contribution in [0, 0.1) is 0 Å². The van der Waals surface area contributed by atoms with Gasteiger partial charge in [0, 0.05) is 18.9 Å². The Morgan fingerprint density at radius 3 is 2.53 bits per heavy atom. The van der Waals surface area contributed by atoms with Crippen molar-refractivity contribution < 1.29 is 0 Å². The lowest BCUT2D eigenvalue weighted by molar-refractivity contribution is 1.01. The summed E-state index contributed by atoms with van der Waals surface area (Å²) in [6, 6.07) is 8.02. The highest BCUT2D eigenvalue weighted by Gasteiger charge is 1.96. The van der Waals surface area contributed by atoms with Crippen LogP contribution in [-0.2, 0) is 6.42 Å². The standard InChI is InChI=1S/C13H18N2/c1-3-11(8-9-15-2)10-12-4-6-13(14)7-5-12/h4-9H,3,10,14H2,1-2H3/b11-8+,15-9?. The monoisotopic (exact) mass is 202 g/mol. The predicted octanol–water partition coefficient (Wildman–Crippen LogP) is 2.85. The lowest BCUT2D eigenvalue weighted by atomic mass is 10.0. The summed E-state index contributed by atoms with van der Waals surface area (Å²) >= 11 is 0. The van der Waals surface area contributed by atoms with E-state index in [4.69, 9.17) is 5.73 Å². The van der Waals surface area contributed by atoms with E-state index >= 15 is 0 Å². The zero-order valence-corrected chi connectivity index (χ0v) is 9.40. The highest BCUT2D eigenvalue weighted by molar-refractivity contribution is 5.72. The van der Waals surface area contributed by atoms with Gasteiger partial charge in [0.2, 0.25) is 0 Å². The van der Waals surface area contributed by atoms with Crippen molar-refractivity contribution in [2.75, 3.05) is 12.8 Å². The Balaban J connectivity index is 2.71. The predicted molar refractivity (Wildman–Crippen MR) is 67.3 cm³/mol. The van der Waals surface area contributed by atoms with Crippen molar-refractivity contribution in [1.82, 2.24) is 0 Å². The van der Waals surface area contributed by atoms with Crippen LogP contribution in [-0.4, -0.2) is 13.3 Å². The van der Waals surface area contributed by atoms with E-state index in [1.54, 1.807) is 7.05 Å². The molecule has 0 aliphatic carbocycles. The highest BCUT2D eigenvalue weighted by atomic mass is 14.6. The Labute approximate surface area is 91.5 Å². The van der Waals surface area contributed by atoms with Crippen LogP contribution in [0.4, 0.5) is 5.69 Å². The molecule has 15 heavy (non-hydrogen) atoms. The summed E-state index contributed by atoms with van der Waals surface area (Å²) in [7, 11) is 1.78. The van der Waals surface area contributed by atoms with Crippen molar-refractivity contribution in [3.8, 4) is 0 Å². The van der Waals surface area contributed by atoms with Gasteiger partial charge in [-0.2, -0.15) is 0 Å². The van der Waals surface area contributed by atoms with Crippen LogP contribution >= 0.6 is 0 Å². The average Bonchev–Trinajstić information content (AvgIpc) is 2.27. The van der Waals surface area contributed by atoms with Crippen LogP contribution in [0.3, 0.4) is 0 Å². The molecule has 2 N–H and O–H groups in total. The fourth-order valence-electron chi connectivity index (χ4n) is 1.38. The number of allylic oxidation sites excluding steroid dienone is 2. The van der Waals surface area contributed by atoms with Gasteiger partial charge in [0.25, 0.3) is 0 Å². The molecule has 0 saturated carbocycles. The second-order valence-corrected chi connectivity index (χ2v) is 3.50. The van der Waals surface area contributed by atoms with E-state index in [9.17, 15) is 0 Å². The number of nitrogens with two attached hydrogens (primary N) is 1. The summed E-state index contributed by atoms with van der Waals surface area (Å²) in [5.74, 6) is 0. The molecule has 0 aliphatic rings. The topological polar surface area (TPSA) is 38.4 Å². The molecule has 0 spiro atoms. The second-order valence-electron chi connectivity index (χ2n) is 3.50. The van der Waals surface area contributed by atoms with Gasteiger partial charge in [-0.3, -0.25) is 4.99 Å². The van der Waals surface area contributed by atoms with Gasteiger partial charge in [-0.25, -0.2) is 0 Å². The van der Waals surface area contributed by atoms with E-state index in [0.717, 1.165) is 18.5 Å². The molecule has 1 aromatic carbocycles. The molecule has 1 aromatic rings. The normalized spacial score (nSPS) is 12.3. The fraction of sp³-hybridized carbons (Fsp3) is 0.308. The number of aliphatic imine (C=N–C) groups is 1. The molecule has 80 valence electrons. The second kappa shape index (κ2) is 6.02. The van der Waals surface area contributed by atoms with Gasteiger partial charge >= 0.3 is 0 Å². The summed E-state index contributed by atoms with van der Waals surface area (Å²) in [5.41, 5.74) is 9.12. The zero-order valence-electron chi connectivity index (χ0n) is 9.40. The molecule has 0 radical (unpaired) electrons. The lowest BCUT2D eigenvalue weighted by Crippen LogP contribution is -1.91. The Bertz CT molecular complexity index is 347. The third kappa shape index (κ3) is 3.98. The third-order valence-electron chi connectivity index (χ3n) is 2.32. The average molecular weight is 202 g/mol. The Morgan fingerprint density at radius 2 is 2.00 bits per heavy atom. The van der Waals surface area contributed by atoms with Crippen molar-refractivity contribution in [3.63, 3.8) is 0 Å². The number of hydrogen-bond donors (Lipinski definition) is 1. The van der Waals surface area contributed by atoms with Crippen LogP contribution in [0.25, 0.3) is 0 Å². The molecule has 0 unspecified atom stereocenters. The summed E-state index contributed by atoms with van der Waals surface area (Å²) in [5, 5.41) is 0. The van der Waals surface area contributed by atoms with Crippen molar-refractivity contribution >= 4 is 11.9 Å². The third-order valence-corrected chi connectivity index (χ3v) is 2.32. The molecule has 1 rings (SSSR count). The first-order valence-electron chi connectivity index (χ1n) is 5.21. The smallest absolute Gasteiger partial charge is 0.0314 e. The first kappa shape index (κ1) is 11.5. The van der Waals surface area contributed by atoms with Gasteiger partial charge in [-0.1, -0.05) is 24.6 Å². The Morgan fingerprint density at radius 1 is 1.33 bits per heavy atom. The molecule has 0 atom stereocenters. The number of rotatable bonds is 4. The van der Waals surface area contributed by atoms with Crippen LogP contribution in [0.15, 0.2) is 40.9 Å². The number of hydrogen-bond acceptors (Lipinski definition) is 2. The minimum atomic E-state index is 0.816. The molecule has 2 nitrogen and oxygen atoms in total. The number of nitrogens with zero attached hydrogens (tertiary/aromatic N) is 1. The molecule has 0 heterocycles. The Hall–Kier alpha value is -1.57. The lowest BCUT2D eigenvalue weighted by Gasteiger charge is -2.04. The van der Waals surface area contributed by atoms with Crippen LogP contribution in [0.5, 0.6) is 0 Å². The minimum Gasteiger partial charge on any atom is -0.399 e. The molecule has 0 aliphatic heterocycles. The van der Waals surface area contributed by atoms with Gasteiger partial charge in [0.1, 0.15) is 0 Å². The van der Waals surface area contributed by atoms with Crippen molar-refractivity contribution in [3.05, 3.63) is 41.5 Å². The van der Waals surface area contributed by atoms with Gasteiger partial charge < -0.3 is 5.73 Å². The SMILES string of the molecule is CC/C(=C\C=NC)Cc1ccc(N)cc1. The summed E-state index contributed by atoms with van der Waals surface area (Å²) in [4.78, 5) is 3.96. The van der Waals surface area contributed by atoms with E-state index in [1.165, 1.54) is 11.1 Å². The van der Waals surface area contributed by atoms with E-state index in [1.807, 2.05) is 18.3 Å². The van der Waals surface area contributed by atoms with Gasteiger partial charge in [-0.05, 0) is 36.6 Å². The first-order valence-corrected chi connectivity index (χ1v) is 5.21. The van der Waals surface area contributed by atoms with E-state index in [-0.39, 0.29) is 0 Å². The largest absolute Gasteiger partial charge is 0.399 e. The maximum atomic E-state index is 5.63. The van der Waals surface area contributed by atoms with Crippen LogP contribution in [0.2, 0.25) is 0 Å². The van der Waals surface area contributed by atoms with Crippen LogP contribution < -0.4 is 5.73 Å². The maximum Gasteiger partial charge on any atom is 0.0314 e. The van der Waals surface area contributed by atoms with Crippen molar-refractivity contribution in [2.24, 2.45) is 4.99 Å². The molecule has 0 bridgehead atoms. The summed E-state index contributed by atoms with van der Waals surface area (Å²) < 4.78 is 0. The number of nitrogen functional groups attached to an aromatic ring is 1. The van der Waals surface area contributed by atoms with E-state index in [0.29, 0.717) is 0 Å². The van der Waals surface area contributed by atoms with Crippen molar-refractivity contribution in [2.45, 2.75) is 19.8 Å². The molecular formula is C13H18N2. The summed E-state index contributed by atoms with van der Waals surface area (Å²) in [6.45, 7) is 2.16. The highest BCUT2D eigenvalue weighted by Crippen LogP contribution is 2.12. The quantitative estimate of drug-likeness (QED) is 0.591. The number of benzene rings is 1. The molecule has 0 amide bonds. The van der Waals surface area contributed by atoms with Gasteiger partial charge in [0.05, 0.1) is 0 Å². The van der Waals surface area contributed by atoms with E-state index in [2.05, 4.69) is 30.1 Å². The molecule has 2 heteroatoms.